The van der Waals surface area contributed by atoms with Gasteiger partial charge in [0.2, 0.25) is 5.91 Å². The van der Waals surface area contributed by atoms with Gasteiger partial charge in [-0.2, -0.15) is 0 Å². The molecule has 0 atom stereocenters. The summed E-state index contributed by atoms with van der Waals surface area (Å²) in [6, 6.07) is 13.8. The van der Waals surface area contributed by atoms with E-state index >= 15 is 0 Å². The van der Waals surface area contributed by atoms with Crippen molar-refractivity contribution in [1.82, 2.24) is 9.80 Å². The lowest BCUT2D eigenvalue weighted by Gasteiger charge is -2.34. The fraction of sp³-hybridized carbons (Fsp3) is 0.316. The summed E-state index contributed by atoms with van der Waals surface area (Å²) < 4.78 is 27.1. The Morgan fingerprint density at radius 2 is 1.48 bits per heavy atom. The molecule has 3 rings (SSSR count). The molecule has 1 heterocycles. The maximum absolute atomic E-state index is 13.6. The molecule has 0 radical (unpaired) electrons. The first-order chi connectivity index (χ1) is 12.1. The lowest BCUT2D eigenvalue weighted by Crippen LogP contribution is -2.48. The van der Waals surface area contributed by atoms with Crippen molar-refractivity contribution in [2.75, 3.05) is 38.0 Å². The summed E-state index contributed by atoms with van der Waals surface area (Å²) in [6.07, 6.45) is 0. The lowest BCUT2D eigenvalue weighted by atomic mass is 10.2. The van der Waals surface area contributed by atoms with Crippen molar-refractivity contribution in [3.8, 4) is 0 Å². The molecule has 0 aromatic heterocycles. The molecule has 25 heavy (non-hydrogen) atoms. The first-order valence-electron chi connectivity index (χ1n) is 8.34. The zero-order chi connectivity index (χ0) is 17.6. The number of carbonyl (C=O) groups excluding carboxylic acids is 1. The second-order valence-electron chi connectivity index (χ2n) is 6.18. The Labute approximate surface area is 146 Å². The van der Waals surface area contributed by atoms with Crippen LogP contribution in [0.4, 0.5) is 14.5 Å². The van der Waals surface area contributed by atoms with E-state index in [4.69, 9.17) is 0 Å². The van der Waals surface area contributed by atoms with Gasteiger partial charge in [0.15, 0.2) is 0 Å². The number of rotatable bonds is 5. The number of amides is 1. The van der Waals surface area contributed by atoms with Gasteiger partial charge in [0, 0.05) is 32.7 Å². The summed E-state index contributed by atoms with van der Waals surface area (Å²) in [5.74, 6) is -1.93. The van der Waals surface area contributed by atoms with Gasteiger partial charge in [-0.1, -0.05) is 36.4 Å². The predicted molar refractivity (Wildman–Crippen MR) is 93.1 cm³/mol. The van der Waals surface area contributed by atoms with E-state index < -0.39 is 17.5 Å². The Balaban J connectivity index is 1.46. The molecular weight excluding hydrogens is 324 g/mol. The fourth-order valence-electron chi connectivity index (χ4n) is 2.95. The van der Waals surface area contributed by atoms with Crippen LogP contribution in [0, 0.1) is 11.6 Å². The summed E-state index contributed by atoms with van der Waals surface area (Å²) in [5.41, 5.74) is 0.888. The first-order valence-corrected chi connectivity index (χ1v) is 8.34. The number of benzene rings is 2. The molecule has 1 N–H and O–H groups in total. The lowest BCUT2D eigenvalue weighted by molar-refractivity contribution is -0.117. The van der Waals surface area contributed by atoms with Gasteiger partial charge in [-0.15, -0.1) is 0 Å². The minimum atomic E-state index is -0.763. The number of hydrogen-bond donors (Lipinski definition) is 1. The summed E-state index contributed by atoms with van der Waals surface area (Å²) in [6.45, 7) is 4.24. The molecule has 1 saturated heterocycles. The van der Waals surface area contributed by atoms with E-state index in [1.54, 1.807) is 0 Å². The Kier molecular flexibility index (Phi) is 5.73. The smallest absolute Gasteiger partial charge is 0.238 e. The van der Waals surface area contributed by atoms with Crippen molar-refractivity contribution in [3.63, 3.8) is 0 Å². The van der Waals surface area contributed by atoms with Crippen LogP contribution in [0.2, 0.25) is 0 Å². The maximum Gasteiger partial charge on any atom is 0.238 e. The van der Waals surface area contributed by atoms with Gasteiger partial charge in [0.1, 0.15) is 17.3 Å². The second kappa shape index (κ2) is 8.18. The SMILES string of the molecule is O=C(CN1CCN(Cc2ccccc2)CC1)Nc1c(F)cccc1F. The third-order valence-corrected chi connectivity index (χ3v) is 4.31. The Morgan fingerprint density at radius 1 is 0.880 bits per heavy atom. The van der Waals surface area contributed by atoms with E-state index in [2.05, 4.69) is 22.3 Å². The second-order valence-corrected chi connectivity index (χ2v) is 6.18. The van der Waals surface area contributed by atoms with Gasteiger partial charge in [0.05, 0.1) is 6.54 Å². The van der Waals surface area contributed by atoms with E-state index in [1.807, 2.05) is 23.1 Å². The standard InChI is InChI=1S/C19H21F2N3O/c20-16-7-4-8-17(21)19(16)22-18(25)14-24-11-9-23(10-12-24)13-15-5-2-1-3-6-15/h1-8H,9-14H2,(H,22,25). The number of nitrogens with one attached hydrogen (secondary N) is 1. The predicted octanol–water partition coefficient (Wildman–Crippen LogP) is 2.72. The molecule has 2 aromatic carbocycles. The van der Waals surface area contributed by atoms with Crippen LogP contribution in [-0.2, 0) is 11.3 Å². The largest absolute Gasteiger partial charge is 0.320 e. The van der Waals surface area contributed by atoms with E-state index in [1.165, 1.54) is 11.6 Å². The van der Waals surface area contributed by atoms with Crippen LogP contribution in [0.25, 0.3) is 0 Å². The minimum absolute atomic E-state index is 0.132. The van der Waals surface area contributed by atoms with Crippen LogP contribution >= 0.6 is 0 Å². The quantitative estimate of drug-likeness (QED) is 0.905. The van der Waals surface area contributed by atoms with Gasteiger partial charge < -0.3 is 5.32 Å². The Bertz CT molecular complexity index is 696. The van der Waals surface area contributed by atoms with Crippen molar-refractivity contribution in [2.45, 2.75) is 6.54 Å². The third kappa shape index (κ3) is 4.84. The zero-order valence-electron chi connectivity index (χ0n) is 13.9. The van der Waals surface area contributed by atoms with Crippen LogP contribution in [0.1, 0.15) is 5.56 Å². The van der Waals surface area contributed by atoms with Crippen LogP contribution < -0.4 is 5.32 Å². The third-order valence-electron chi connectivity index (χ3n) is 4.31. The molecule has 2 aromatic rings. The number of halogens is 2. The van der Waals surface area contributed by atoms with Crippen molar-refractivity contribution in [3.05, 3.63) is 65.7 Å². The number of nitrogens with zero attached hydrogens (tertiary/aromatic N) is 2. The van der Waals surface area contributed by atoms with Crippen LogP contribution in [-0.4, -0.2) is 48.4 Å². The highest BCUT2D eigenvalue weighted by Crippen LogP contribution is 2.18. The molecule has 6 heteroatoms. The monoisotopic (exact) mass is 345 g/mol. The fourth-order valence-corrected chi connectivity index (χ4v) is 2.95. The number of hydrogen-bond acceptors (Lipinski definition) is 3. The summed E-state index contributed by atoms with van der Waals surface area (Å²) in [7, 11) is 0. The molecule has 132 valence electrons. The first kappa shape index (κ1) is 17.5. The molecule has 1 fully saturated rings. The van der Waals surface area contributed by atoms with E-state index in [0.717, 1.165) is 44.9 Å². The molecule has 1 amide bonds. The van der Waals surface area contributed by atoms with Crippen LogP contribution in [0.15, 0.2) is 48.5 Å². The molecule has 1 aliphatic rings. The number of carbonyl (C=O) groups is 1. The normalized spacial score (nSPS) is 15.9. The molecule has 0 spiro atoms. The van der Waals surface area contributed by atoms with E-state index in [-0.39, 0.29) is 12.2 Å². The van der Waals surface area contributed by atoms with Gasteiger partial charge in [-0.05, 0) is 17.7 Å². The molecule has 0 bridgehead atoms. The highest BCUT2D eigenvalue weighted by atomic mass is 19.1. The van der Waals surface area contributed by atoms with E-state index in [0.29, 0.717) is 0 Å². The van der Waals surface area contributed by atoms with Crippen molar-refractivity contribution in [1.29, 1.82) is 0 Å². The highest BCUT2D eigenvalue weighted by molar-refractivity contribution is 5.92. The summed E-state index contributed by atoms with van der Waals surface area (Å²) in [4.78, 5) is 16.4. The van der Waals surface area contributed by atoms with Crippen molar-refractivity contribution >= 4 is 11.6 Å². The average molecular weight is 345 g/mol. The molecule has 4 nitrogen and oxygen atoms in total. The molecule has 1 aliphatic heterocycles. The number of anilines is 1. The summed E-state index contributed by atoms with van der Waals surface area (Å²) in [5, 5.41) is 2.33. The van der Waals surface area contributed by atoms with Gasteiger partial charge in [-0.25, -0.2) is 8.78 Å². The molecule has 0 aliphatic carbocycles. The maximum atomic E-state index is 13.6. The molecule has 0 saturated carbocycles. The Morgan fingerprint density at radius 3 is 2.12 bits per heavy atom. The zero-order valence-corrected chi connectivity index (χ0v) is 13.9. The molecular formula is C19H21F2N3O. The van der Waals surface area contributed by atoms with E-state index in [9.17, 15) is 13.6 Å². The Hall–Kier alpha value is -2.31. The molecule has 0 unspecified atom stereocenters. The minimum Gasteiger partial charge on any atom is -0.320 e. The van der Waals surface area contributed by atoms with Crippen molar-refractivity contribution < 1.29 is 13.6 Å². The topological polar surface area (TPSA) is 35.6 Å². The van der Waals surface area contributed by atoms with Crippen molar-refractivity contribution in [2.24, 2.45) is 0 Å². The number of para-hydroxylation sites is 1. The van der Waals surface area contributed by atoms with Crippen LogP contribution in [0.5, 0.6) is 0 Å². The van der Waals surface area contributed by atoms with Gasteiger partial charge >= 0.3 is 0 Å². The highest BCUT2D eigenvalue weighted by Gasteiger charge is 2.20. The average Bonchev–Trinajstić information content (AvgIpc) is 2.61. The van der Waals surface area contributed by atoms with Crippen LogP contribution in [0.3, 0.4) is 0 Å². The summed E-state index contributed by atoms with van der Waals surface area (Å²) >= 11 is 0. The van der Waals surface area contributed by atoms with Gasteiger partial charge in [-0.3, -0.25) is 14.6 Å². The van der Waals surface area contributed by atoms with Gasteiger partial charge in [0.25, 0.3) is 0 Å². The number of piperazine rings is 1.